The van der Waals surface area contributed by atoms with Crippen LogP contribution in [0.1, 0.15) is 38.2 Å². The van der Waals surface area contributed by atoms with Crippen molar-refractivity contribution in [3.05, 3.63) is 18.0 Å². The predicted molar refractivity (Wildman–Crippen MR) is 86.9 cm³/mol. The monoisotopic (exact) mass is 305 g/mol. The molecule has 0 aliphatic carbocycles. The Labute approximate surface area is 132 Å². The third kappa shape index (κ3) is 3.80. The second-order valence-electron chi connectivity index (χ2n) is 6.25. The predicted octanol–water partition coefficient (Wildman–Crippen LogP) is 1.23. The lowest BCUT2D eigenvalue weighted by atomic mass is 9.96. The maximum Gasteiger partial charge on any atom is 0.191 e. The first-order chi connectivity index (χ1) is 10.7. The number of fused-ring (bicyclic) bond motifs is 2. The van der Waals surface area contributed by atoms with Gasteiger partial charge in [0.1, 0.15) is 0 Å². The first-order valence-corrected chi connectivity index (χ1v) is 8.42. The zero-order chi connectivity index (χ0) is 15.4. The van der Waals surface area contributed by atoms with Crippen LogP contribution < -0.4 is 10.6 Å². The highest BCUT2D eigenvalue weighted by atomic mass is 16.5. The smallest absolute Gasteiger partial charge is 0.191 e. The first-order valence-electron chi connectivity index (χ1n) is 8.42. The Bertz CT molecular complexity index is 512. The van der Waals surface area contributed by atoms with Crippen LogP contribution in [0.2, 0.25) is 0 Å². The SMILES string of the molecule is CCNC(=NCCCc1cnn(C)c1)NC1CC2CCC1O2. The summed E-state index contributed by atoms with van der Waals surface area (Å²) in [4.78, 5) is 4.69. The van der Waals surface area contributed by atoms with Crippen LogP contribution >= 0.6 is 0 Å². The molecule has 1 aromatic heterocycles. The molecule has 6 heteroatoms. The van der Waals surface area contributed by atoms with Crippen molar-refractivity contribution in [2.75, 3.05) is 13.1 Å². The topological polar surface area (TPSA) is 63.5 Å². The third-order valence-corrected chi connectivity index (χ3v) is 4.42. The fourth-order valence-electron chi connectivity index (χ4n) is 3.36. The molecule has 2 fully saturated rings. The van der Waals surface area contributed by atoms with Gasteiger partial charge in [0.05, 0.1) is 24.4 Å². The van der Waals surface area contributed by atoms with Gasteiger partial charge >= 0.3 is 0 Å². The van der Waals surface area contributed by atoms with Gasteiger partial charge in [-0.3, -0.25) is 9.67 Å². The van der Waals surface area contributed by atoms with E-state index >= 15 is 0 Å². The fourth-order valence-corrected chi connectivity index (χ4v) is 3.36. The van der Waals surface area contributed by atoms with Gasteiger partial charge in [-0.15, -0.1) is 0 Å². The van der Waals surface area contributed by atoms with Crippen molar-refractivity contribution >= 4 is 5.96 Å². The minimum Gasteiger partial charge on any atom is -0.373 e. The van der Waals surface area contributed by atoms with Crippen molar-refractivity contribution < 1.29 is 4.74 Å². The number of aryl methyl sites for hydroxylation is 2. The summed E-state index contributed by atoms with van der Waals surface area (Å²) in [5, 5.41) is 11.1. The lowest BCUT2D eigenvalue weighted by Gasteiger charge is -2.22. The molecule has 3 rings (SSSR count). The van der Waals surface area contributed by atoms with Gasteiger partial charge in [0.15, 0.2) is 5.96 Å². The average Bonchev–Trinajstić information content (AvgIpc) is 3.20. The van der Waals surface area contributed by atoms with Gasteiger partial charge in [0.2, 0.25) is 0 Å². The van der Waals surface area contributed by atoms with E-state index in [1.54, 1.807) is 0 Å². The molecule has 2 bridgehead atoms. The Morgan fingerprint density at radius 1 is 1.50 bits per heavy atom. The highest BCUT2D eigenvalue weighted by Gasteiger charge is 2.41. The second-order valence-corrected chi connectivity index (χ2v) is 6.25. The van der Waals surface area contributed by atoms with E-state index in [-0.39, 0.29) is 0 Å². The van der Waals surface area contributed by atoms with E-state index in [0.29, 0.717) is 18.2 Å². The lowest BCUT2D eigenvalue weighted by Crippen LogP contribution is -2.47. The van der Waals surface area contributed by atoms with Crippen LogP contribution in [0.4, 0.5) is 0 Å². The highest BCUT2D eigenvalue weighted by Crippen LogP contribution is 2.34. The fraction of sp³-hybridized carbons (Fsp3) is 0.750. The normalized spacial score (nSPS) is 27.4. The quantitative estimate of drug-likeness (QED) is 0.471. The molecule has 2 aliphatic heterocycles. The molecule has 6 nitrogen and oxygen atoms in total. The Kier molecular flexibility index (Phi) is 4.97. The van der Waals surface area contributed by atoms with Gasteiger partial charge in [-0.1, -0.05) is 0 Å². The summed E-state index contributed by atoms with van der Waals surface area (Å²) >= 11 is 0. The molecule has 2 aliphatic rings. The van der Waals surface area contributed by atoms with E-state index < -0.39 is 0 Å². The van der Waals surface area contributed by atoms with Crippen LogP contribution in [0.5, 0.6) is 0 Å². The van der Waals surface area contributed by atoms with E-state index in [1.807, 2.05) is 17.9 Å². The second kappa shape index (κ2) is 7.13. The van der Waals surface area contributed by atoms with Crippen molar-refractivity contribution in [2.24, 2.45) is 12.0 Å². The molecule has 3 unspecified atom stereocenters. The largest absolute Gasteiger partial charge is 0.373 e. The van der Waals surface area contributed by atoms with Gasteiger partial charge in [-0.2, -0.15) is 5.10 Å². The molecule has 3 heterocycles. The number of rotatable bonds is 6. The molecule has 0 radical (unpaired) electrons. The number of guanidine groups is 1. The first kappa shape index (κ1) is 15.3. The lowest BCUT2D eigenvalue weighted by molar-refractivity contribution is 0.0992. The molecule has 0 amide bonds. The number of hydrogen-bond acceptors (Lipinski definition) is 3. The number of nitrogens with one attached hydrogen (secondary N) is 2. The summed E-state index contributed by atoms with van der Waals surface area (Å²) in [5.74, 6) is 0.926. The Hall–Kier alpha value is -1.56. The van der Waals surface area contributed by atoms with Gasteiger partial charge < -0.3 is 15.4 Å². The number of aliphatic imine (C=N–C) groups is 1. The summed E-state index contributed by atoms with van der Waals surface area (Å²) in [5.41, 5.74) is 1.28. The van der Waals surface area contributed by atoms with Crippen molar-refractivity contribution in [2.45, 2.75) is 57.3 Å². The zero-order valence-electron chi connectivity index (χ0n) is 13.6. The van der Waals surface area contributed by atoms with E-state index in [9.17, 15) is 0 Å². The van der Waals surface area contributed by atoms with Crippen molar-refractivity contribution in [3.63, 3.8) is 0 Å². The minimum absolute atomic E-state index is 0.379. The van der Waals surface area contributed by atoms with Gasteiger partial charge in [-0.05, 0) is 44.6 Å². The summed E-state index contributed by atoms with van der Waals surface area (Å²) in [7, 11) is 1.95. The molecule has 22 heavy (non-hydrogen) atoms. The average molecular weight is 305 g/mol. The van der Waals surface area contributed by atoms with Crippen molar-refractivity contribution in [1.29, 1.82) is 0 Å². The van der Waals surface area contributed by atoms with E-state index in [2.05, 4.69) is 28.9 Å². The maximum absolute atomic E-state index is 5.90. The molecular weight excluding hydrogens is 278 g/mol. The molecule has 0 spiro atoms. The van der Waals surface area contributed by atoms with Crippen LogP contribution in [0.15, 0.2) is 17.4 Å². The molecule has 2 saturated heterocycles. The number of ether oxygens (including phenoxy) is 1. The molecular formula is C16H27N5O. The third-order valence-electron chi connectivity index (χ3n) is 4.42. The summed E-state index contributed by atoms with van der Waals surface area (Å²) in [6.45, 7) is 3.81. The van der Waals surface area contributed by atoms with E-state index in [0.717, 1.165) is 38.3 Å². The summed E-state index contributed by atoms with van der Waals surface area (Å²) in [6, 6.07) is 0.426. The zero-order valence-corrected chi connectivity index (χ0v) is 13.6. The molecule has 0 saturated carbocycles. The van der Waals surface area contributed by atoms with Crippen LogP contribution in [0.25, 0.3) is 0 Å². The van der Waals surface area contributed by atoms with Crippen LogP contribution in [0.3, 0.4) is 0 Å². The van der Waals surface area contributed by atoms with Crippen LogP contribution in [-0.4, -0.2) is 47.1 Å². The van der Waals surface area contributed by atoms with Gasteiger partial charge in [0.25, 0.3) is 0 Å². The van der Waals surface area contributed by atoms with E-state index in [4.69, 9.17) is 9.73 Å². The Balaban J connectivity index is 1.45. The van der Waals surface area contributed by atoms with Crippen molar-refractivity contribution in [3.8, 4) is 0 Å². The van der Waals surface area contributed by atoms with E-state index in [1.165, 1.54) is 18.4 Å². The molecule has 0 aromatic carbocycles. The summed E-state index contributed by atoms with van der Waals surface area (Å²) < 4.78 is 7.74. The minimum atomic E-state index is 0.379. The standard InChI is InChI=1S/C16H27N5O/c1-3-17-16(20-14-9-13-6-7-15(14)22-13)18-8-4-5-12-10-19-21(2)11-12/h10-11,13-15H,3-9H2,1-2H3,(H2,17,18,20). The Morgan fingerprint density at radius 3 is 3.05 bits per heavy atom. The molecule has 122 valence electrons. The maximum atomic E-state index is 5.90. The summed E-state index contributed by atoms with van der Waals surface area (Å²) in [6.07, 6.45) is 10.4. The Morgan fingerprint density at radius 2 is 2.41 bits per heavy atom. The number of nitrogens with zero attached hydrogens (tertiary/aromatic N) is 3. The van der Waals surface area contributed by atoms with Crippen LogP contribution in [0, 0.1) is 0 Å². The van der Waals surface area contributed by atoms with Gasteiger partial charge in [-0.25, -0.2) is 0 Å². The molecule has 3 atom stereocenters. The van der Waals surface area contributed by atoms with Crippen LogP contribution in [-0.2, 0) is 18.2 Å². The number of aromatic nitrogens is 2. The molecule has 2 N–H and O–H groups in total. The van der Waals surface area contributed by atoms with Gasteiger partial charge in [0, 0.05) is 26.3 Å². The molecule has 1 aromatic rings. The van der Waals surface area contributed by atoms with Crippen molar-refractivity contribution in [1.82, 2.24) is 20.4 Å². The number of hydrogen-bond donors (Lipinski definition) is 2. The highest BCUT2D eigenvalue weighted by molar-refractivity contribution is 5.80.